The number of benzene rings is 1. The SMILES string of the molecule is O=C(O)CCNC(=O)CCOc1ccc(F)cc1. The Labute approximate surface area is 104 Å². The molecule has 0 spiro atoms. The quantitative estimate of drug-likeness (QED) is 0.767. The van der Waals surface area contributed by atoms with E-state index < -0.39 is 5.97 Å². The molecule has 18 heavy (non-hydrogen) atoms. The number of carbonyl (C=O) groups excluding carboxylic acids is 1. The lowest BCUT2D eigenvalue weighted by atomic mass is 10.3. The van der Waals surface area contributed by atoms with E-state index in [1.54, 1.807) is 0 Å². The number of aliphatic carboxylic acids is 1. The Morgan fingerprint density at radius 2 is 1.89 bits per heavy atom. The van der Waals surface area contributed by atoms with Gasteiger partial charge in [-0.15, -0.1) is 0 Å². The molecule has 1 aromatic carbocycles. The second-order valence-corrected chi connectivity index (χ2v) is 3.55. The van der Waals surface area contributed by atoms with Crippen molar-refractivity contribution in [2.75, 3.05) is 13.2 Å². The van der Waals surface area contributed by atoms with Crippen LogP contribution in [0.1, 0.15) is 12.8 Å². The van der Waals surface area contributed by atoms with Gasteiger partial charge in [-0.05, 0) is 24.3 Å². The van der Waals surface area contributed by atoms with Crippen molar-refractivity contribution in [3.63, 3.8) is 0 Å². The van der Waals surface area contributed by atoms with Gasteiger partial charge in [0, 0.05) is 6.54 Å². The van der Waals surface area contributed by atoms with Crippen LogP contribution in [0.5, 0.6) is 5.75 Å². The molecule has 1 rings (SSSR count). The number of ether oxygens (including phenoxy) is 1. The first-order chi connectivity index (χ1) is 8.58. The molecule has 0 unspecified atom stereocenters. The van der Waals surface area contributed by atoms with Crippen LogP contribution < -0.4 is 10.1 Å². The van der Waals surface area contributed by atoms with E-state index in [9.17, 15) is 14.0 Å². The lowest BCUT2D eigenvalue weighted by molar-refractivity contribution is -0.136. The average molecular weight is 255 g/mol. The Morgan fingerprint density at radius 3 is 2.50 bits per heavy atom. The highest BCUT2D eigenvalue weighted by atomic mass is 19.1. The number of amides is 1. The van der Waals surface area contributed by atoms with Crippen LogP contribution in [0.4, 0.5) is 4.39 Å². The predicted molar refractivity (Wildman–Crippen MR) is 61.8 cm³/mol. The van der Waals surface area contributed by atoms with Crippen molar-refractivity contribution < 1.29 is 23.8 Å². The van der Waals surface area contributed by atoms with Crippen molar-refractivity contribution in [2.45, 2.75) is 12.8 Å². The molecule has 5 nitrogen and oxygen atoms in total. The normalized spacial score (nSPS) is 9.83. The fourth-order valence-corrected chi connectivity index (χ4v) is 1.19. The van der Waals surface area contributed by atoms with Gasteiger partial charge in [0.05, 0.1) is 19.4 Å². The molecule has 6 heteroatoms. The van der Waals surface area contributed by atoms with Crippen LogP contribution in [-0.4, -0.2) is 30.1 Å². The summed E-state index contributed by atoms with van der Waals surface area (Å²) >= 11 is 0. The van der Waals surface area contributed by atoms with E-state index in [1.165, 1.54) is 24.3 Å². The van der Waals surface area contributed by atoms with E-state index in [-0.39, 0.29) is 37.7 Å². The van der Waals surface area contributed by atoms with Crippen molar-refractivity contribution in [1.82, 2.24) is 5.32 Å². The molecule has 1 aromatic rings. The molecule has 1 amide bonds. The summed E-state index contributed by atoms with van der Waals surface area (Å²) in [5, 5.41) is 10.8. The first-order valence-electron chi connectivity index (χ1n) is 5.45. The summed E-state index contributed by atoms with van der Waals surface area (Å²) in [7, 11) is 0. The van der Waals surface area contributed by atoms with Crippen LogP contribution in [0.3, 0.4) is 0 Å². The number of carbonyl (C=O) groups is 2. The minimum absolute atomic E-state index is 0.102. The zero-order chi connectivity index (χ0) is 13.4. The highest BCUT2D eigenvalue weighted by molar-refractivity contribution is 5.76. The second kappa shape index (κ2) is 7.26. The zero-order valence-electron chi connectivity index (χ0n) is 9.69. The number of halogens is 1. The number of hydrogen-bond donors (Lipinski definition) is 2. The van der Waals surface area contributed by atoms with Crippen LogP contribution in [-0.2, 0) is 9.59 Å². The van der Waals surface area contributed by atoms with Crippen LogP contribution >= 0.6 is 0 Å². The molecule has 98 valence electrons. The third-order valence-corrected chi connectivity index (χ3v) is 2.07. The molecule has 0 fully saturated rings. The van der Waals surface area contributed by atoms with Gasteiger partial charge in [-0.3, -0.25) is 9.59 Å². The number of hydrogen-bond acceptors (Lipinski definition) is 3. The largest absolute Gasteiger partial charge is 0.493 e. The summed E-state index contributed by atoms with van der Waals surface area (Å²) in [6.07, 6.45) is 0.0154. The van der Waals surface area contributed by atoms with Gasteiger partial charge < -0.3 is 15.2 Å². The number of nitrogens with one attached hydrogen (secondary N) is 1. The molecule has 0 heterocycles. The van der Waals surface area contributed by atoms with E-state index in [0.717, 1.165) is 0 Å². The fraction of sp³-hybridized carbons (Fsp3) is 0.333. The van der Waals surface area contributed by atoms with E-state index in [1.807, 2.05) is 0 Å². The van der Waals surface area contributed by atoms with Crippen molar-refractivity contribution >= 4 is 11.9 Å². The summed E-state index contributed by atoms with van der Waals surface area (Å²) in [4.78, 5) is 21.4. The third-order valence-electron chi connectivity index (χ3n) is 2.07. The Bertz CT molecular complexity index is 405. The Kier molecular flexibility index (Phi) is 5.63. The van der Waals surface area contributed by atoms with Gasteiger partial charge in [0.25, 0.3) is 0 Å². The highest BCUT2D eigenvalue weighted by Crippen LogP contribution is 2.10. The number of rotatable bonds is 7. The van der Waals surface area contributed by atoms with Gasteiger partial charge in [0.1, 0.15) is 11.6 Å². The van der Waals surface area contributed by atoms with Gasteiger partial charge in [0.15, 0.2) is 0 Å². The monoisotopic (exact) mass is 255 g/mol. The van der Waals surface area contributed by atoms with Gasteiger partial charge in [-0.2, -0.15) is 0 Å². The Balaban J connectivity index is 2.15. The summed E-state index contributed by atoms with van der Waals surface area (Å²) in [6, 6.07) is 5.47. The lowest BCUT2D eigenvalue weighted by Gasteiger charge is -2.06. The molecule has 2 N–H and O–H groups in total. The molecule has 0 atom stereocenters. The number of carboxylic acids is 1. The number of carboxylic acid groups (broad SMARTS) is 1. The van der Waals surface area contributed by atoms with E-state index >= 15 is 0 Å². The topological polar surface area (TPSA) is 75.6 Å². The van der Waals surface area contributed by atoms with Gasteiger partial charge in [-0.1, -0.05) is 0 Å². The fourth-order valence-electron chi connectivity index (χ4n) is 1.19. The molecule has 0 aromatic heterocycles. The maximum absolute atomic E-state index is 12.6. The summed E-state index contributed by atoms with van der Waals surface area (Å²) in [5.74, 6) is -1.11. The second-order valence-electron chi connectivity index (χ2n) is 3.55. The molecular formula is C12H14FNO4. The smallest absolute Gasteiger partial charge is 0.305 e. The lowest BCUT2D eigenvalue weighted by Crippen LogP contribution is -2.27. The van der Waals surface area contributed by atoms with Gasteiger partial charge >= 0.3 is 5.97 Å². The minimum atomic E-state index is -0.960. The minimum Gasteiger partial charge on any atom is -0.493 e. The van der Waals surface area contributed by atoms with Crippen LogP contribution in [0.25, 0.3) is 0 Å². The maximum atomic E-state index is 12.6. The summed E-state index contributed by atoms with van der Waals surface area (Å²) < 4.78 is 17.8. The average Bonchev–Trinajstić information content (AvgIpc) is 2.31. The van der Waals surface area contributed by atoms with E-state index in [0.29, 0.717) is 5.75 Å². The van der Waals surface area contributed by atoms with Crippen LogP contribution in [0.2, 0.25) is 0 Å². The Morgan fingerprint density at radius 1 is 1.22 bits per heavy atom. The molecule has 0 aliphatic heterocycles. The van der Waals surface area contributed by atoms with Crippen molar-refractivity contribution in [1.29, 1.82) is 0 Å². The standard InChI is InChI=1S/C12H14FNO4/c13-9-1-3-10(4-2-9)18-8-6-11(15)14-7-5-12(16)17/h1-4H,5-8H2,(H,14,15)(H,16,17). The molecule has 0 bridgehead atoms. The van der Waals surface area contributed by atoms with Crippen LogP contribution in [0, 0.1) is 5.82 Å². The Hall–Kier alpha value is -2.11. The van der Waals surface area contributed by atoms with E-state index in [2.05, 4.69) is 5.32 Å². The predicted octanol–water partition coefficient (Wildman–Crippen LogP) is 1.19. The molecule has 0 saturated carbocycles. The molecule has 0 aliphatic rings. The summed E-state index contributed by atoms with van der Waals surface area (Å²) in [5.41, 5.74) is 0. The van der Waals surface area contributed by atoms with Crippen molar-refractivity contribution in [3.8, 4) is 5.75 Å². The molecule has 0 aliphatic carbocycles. The zero-order valence-corrected chi connectivity index (χ0v) is 9.69. The van der Waals surface area contributed by atoms with Gasteiger partial charge in [0.2, 0.25) is 5.91 Å². The van der Waals surface area contributed by atoms with Crippen molar-refractivity contribution in [3.05, 3.63) is 30.1 Å². The third kappa shape index (κ3) is 5.83. The first kappa shape index (κ1) is 14.0. The molecular weight excluding hydrogens is 241 g/mol. The summed E-state index contributed by atoms with van der Waals surface area (Å²) in [6.45, 7) is 0.259. The maximum Gasteiger partial charge on any atom is 0.305 e. The highest BCUT2D eigenvalue weighted by Gasteiger charge is 2.03. The molecule has 0 saturated heterocycles. The first-order valence-corrected chi connectivity index (χ1v) is 5.45. The van der Waals surface area contributed by atoms with Crippen molar-refractivity contribution in [2.24, 2.45) is 0 Å². The molecule has 0 radical (unpaired) electrons. The van der Waals surface area contributed by atoms with E-state index in [4.69, 9.17) is 9.84 Å². The van der Waals surface area contributed by atoms with Gasteiger partial charge in [-0.25, -0.2) is 4.39 Å². The van der Waals surface area contributed by atoms with Crippen LogP contribution in [0.15, 0.2) is 24.3 Å².